The molecule has 4 aromatic carbocycles. The van der Waals surface area contributed by atoms with Gasteiger partial charge in [0.05, 0.1) is 0 Å². The normalized spacial score (nSPS) is 16.7. The van der Waals surface area contributed by atoms with Gasteiger partial charge >= 0.3 is 0 Å². The summed E-state index contributed by atoms with van der Waals surface area (Å²) in [5.41, 5.74) is 14.2. The number of halogens is 1. The van der Waals surface area contributed by atoms with Crippen molar-refractivity contribution >= 4 is 50.8 Å². The molecule has 1 heterocycles. The van der Waals surface area contributed by atoms with Crippen molar-refractivity contribution in [2.45, 2.75) is 6.17 Å². The third-order valence-corrected chi connectivity index (χ3v) is 5.37. The Balaban J connectivity index is 1.84. The van der Waals surface area contributed by atoms with E-state index in [1.165, 1.54) is 0 Å². The van der Waals surface area contributed by atoms with Crippen LogP contribution in [0.1, 0.15) is 11.7 Å². The molecule has 0 saturated heterocycles. The molecule has 0 spiro atoms. The monoisotopic (exact) mass is 399 g/mol. The highest BCUT2D eigenvalue weighted by atomic mass is 35.5. The van der Waals surface area contributed by atoms with Gasteiger partial charge in [-0.1, -0.05) is 66.2 Å². The van der Waals surface area contributed by atoms with E-state index in [1.807, 2.05) is 53.4 Å². The lowest BCUT2D eigenvalue weighted by Crippen LogP contribution is -2.44. The van der Waals surface area contributed by atoms with E-state index in [4.69, 9.17) is 28.1 Å². The zero-order valence-corrected chi connectivity index (χ0v) is 16.2. The van der Waals surface area contributed by atoms with Gasteiger partial charge in [-0.3, -0.25) is 4.90 Å². The molecule has 1 aliphatic rings. The third kappa shape index (κ3) is 2.96. The highest BCUT2D eigenvalue weighted by Crippen LogP contribution is 2.39. The highest BCUT2D eigenvalue weighted by molar-refractivity contribution is 6.31. The topological polar surface area (TPSA) is 80.0 Å². The first-order valence-electron chi connectivity index (χ1n) is 9.24. The predicted molar refractivity (Wildman–Crippen MR) is 121 cm³/mol. The van der Waals surface area contributed by atoms with E-state index in [1.54, 1.807) is 0 Å². The van der Waals surface area contributed by atoms with Gasteiger partial charge in [0.25, 0.3) is 0 Å². The summed E-state index contributed by atoms with van der Waals surface area (Å²) in [4.78, 5) is 10.8. The van der Waals surface area contributed by atoms with Gasteiger partial charge in [0.15, 0.2) is 6.17 Å². The van der Waals surface area contributed by atoms with E-state index >= 15 is 0 Å². The lowest BCUT2D eigenvalue weighted by atomic mass is 9.94. The third-order valence-electron chi connectivity index (χ3n) is 5.13. The summed E-state index contributed by atoms with van der Waals surface area (Å²) in [5, 5.41) is 5.05. The lowest BCUT2D eigenvalue weighted by Gasteiger charge is -2.34. The highest BCUT2D eigenvalue weighted by Gasteiger charge is 2.30. The molecule has 0 saturated carbocycles. The zero-order valence-electron chi connectivity index (χ0n) is 15.5. The molecule has 5 rings (SSSR count). The number of hydrogen-bond donors (Lipinski definition) is 2. The Labute approximate surface area is 172 Å². The first-order valence-corrected chi connectivity index (χ1v) is 9.62. The SMILES string of the molecule is NC1=N[C@H](c2c3ccccc3cc3ccccc23)N(c2cccc(Cl)c2)C(N)=N1. The van der Waals surface area contributed by atoms with Gasteiger partial charge in [0.2, 0.25) is 11.9 Å². The summed E-state index contributed by atoms with van der Waals surface area (Å²) in [6.07, 6.45) is -0.470. The van der Waals surface area contributed by atoms with Crippen LogP contribution in [0.5, 0.6) is 0 Å². The maximum Gasteiger partial charge on any atom is 0.221 e. The lowest BCUT2D eigenvalue weighted by molar-refractivity contribution is 0.748. The summed E-state index contributed by atoms with van der Waals surface area (Å²) >= 11 is 6.26. The molecule has 0 fully saturated rings. The zero-order chi connectivity index (χ0) is 20.0. The number of anilines is 1. The van der Waals surface area contributed by atoms with Gasteiger partial charge in [-0.2, -0.15) is 4.99 Å². The van der Waals surface area contributed by atoms with Crippen molar-refractivity contribution in [3.8, 4) is 0 Å². The Morgan fingerprint density at radius 1 is 0.793 bits per heavy atom. The largest absolute Gasteiger partial charge is 0.369 e. The summed E-state index contributed by atoms with van der Waals surface area (Å²) in [5.74, 6) is 0.435. The molecule has 0 bridgehead atoms. The van der Waals surface area contributed by atoms with Crippen molar-refractivity contribution < 1.29 is 0 Å². The van der Waals surface area contributed by atoms with E-state index in [9.17, 15) is 0 Å². The molecule has 4 N–H and O–H groups in total. The van der Waals surface area contributed by atoms with Gasteiger partial charge in [0.1, 0.15) is 0 Å². The van der Waals surface area contributed by atoms with Crippen LogP contribution in [0.4, 0.5) is 5.69 Å². The van der Waals surface area contributed by atoms with Crippen LogP contribution >= 0.6 is 11.6 Å². The Bertz CT molecular complexity index is 1260. The maximum absolute atomic E-state index is 6.34. The van der Waals surface area contributed by atoms with Gasteiger partial charge in [0, 0.05) is 16.3 Å². The fourth-order valence-corrected chi connectivity index (χ4v) is 4.11. The van der Waals surface area contributed by atoms with Crippen LogP contribution < -0.4 is 16.4 Å². The first-order chi connectivity index (χ1) is 14.1. The Hall–Kier alpha value is -3.57. The molecule has 0 aromatic heterocycles. The fraction of sp³-hybridized carbons (Fsp3) is 0.0435. The molecule has 1 atom stereocenters. The molecule has 0 aliphatic carbocycles. The summed E-state index contributed by atoms with van der Waals surface area (Å²) in [7, 11) is 0. The van der Waals surface area contributed by atoms with Crippen LogP contribution in [0.3, 0.4) is 0 Å². The second-order valence-corrected chi connectivity index (χ2v) is 7.35. The van der Waals surface area contributed by atoms with Crippen LogP contribution in [-0.4, -0.2) is 11.9 Å². The number of aliphatic imine (C=N–C) groups is 2. The average molecular weight is 400 g/mol. The molecule has 29 heavy (non-hydrogen) atoms. The minimum absolute atomic E-state index is 0.155. The molecule has 5 nitrogen and oxygen atoms in total. The van der Waals surface area contributed by atoms with Crippen molar-refractivity contribution in [1.29, 1.82) is 0 Å². The summed E-state index contributed by atoms with van der Waals surface area (Å²) in [6.45, 7) is 0. The minimum atomic E-state index is -0.470. The molecule has 6 heteroatoms. The molecular weight excluding hydrogens is 382 g/mol. The molecule has 1 aliphatic heterocycles. The summed E-state index contributed by atoms with van der Waals surface area (Å²) < 4.78 is 0. The van der Waals surface area contributed by atoms with Crippen molar-refractivity contribution in [2.75, 3.05) is 4.90 Å². The standard InChI is InChI=1S/C23H18ClN5/c24-16-8-5-9-17(13-16)29-21(27-22(25)28-23(29)26)20-18-10-3-1-6-14(18)12-15-7-2-4-11-19(15)20/h1-13,21H,(H4,25,26,27,28)/t21-/m0/s1. The molecular formula is C23H18ClN5. The smallest absolute Gasteiger partial charge is 0.221 e. The molecule has 0 amide bonds. The van der Waals surface area contributed by atoms with Crippen molar-refractivity contribution in [3.05, 3.63) is 89.4 Å². The quantitative estimate of drug-likeness (QED) is 0.475. The van der Waals surface area contributed by atoms with E-state index in [2.05, 4.69) is 35.3 Å². The van der Waals surface area contributed by atoms with Crippen molar-refractivity contribution in [3.63, 3.8) is 0 Å². The number of benzene rings is 4. The number of fused-ring (bicyclic) bond motifs is 2. The van der Waals surface area contributed by atoms with Crippen LogP contribution in [0.2, 0.25) is 5.02 Å². The number of guanidine groups is 2. The van der Waals surface area contributed by atoms with E-state index in [-0.39, 0.29) is 11.9 Å². The Kier molecular flexibility index (Phi) is 4.11. The fourth-order valence-electron chi connectivity index (χ4n) is 3.93. The van der Waals surface area contributed by atoms with Gasteiger partial charge in [-0.25, -0.2) is 4.99 Å². The van der Waals surface area contributed by atoms with Gasteiger partial charge in [-0.15, -0.1) is 0 Å². The van der Waals surface area contributed by atoms with Crippen LogP contribution in [0, 0.1) is 0 Å². The first kappa shape index (κ1) is 17.5. The van der Waals surface area contributed by atoms with E-state index < -0.39 is 6.17 Å². The number of nitrogens with zero attached hydrogens (tertiary/aromatic N) is 3. The maximum atomic E-state index is 6.34. The minimum Gasteiger partial charge on any atom is -0.369 e. The molecule has 0 unspecified atom stereocenters. The number of rotatable bonds is 2. The van der Waals surface area contributed by atoms with Crippen molar-refractivity contribution in [1.82, 2.24) is 0 Å². The Morgan fingerprint density at radius 3 is 2.10 bits per heavy atom. The molecule has 0 radical (unpaired) electrons. The Morgan fingerprint density at radius 2 is 1.45 bits per heavy atom. The van der Waals surface area contributed by atoms with Crippen molar-refractivity contribution in [2.24, 2.45) is 21.5 Å². The van der Waals surface area contributed by atoms with Crippen LogP contribution in [0.25, 0.3) is 21.5 Å². The van der Waals surface area contributed by atoms with E-state index in [0.717, 1.165) is 32.8 Å². The predicted octanol–water partition coefficient (Wildman–Crippen LogP) is 4.79. The van der Waals surface area contributed by atoms with Crippen LogP contribution in [-0.2, 0) is 0 Å². The van der Waals surface area contributed by atoms with Gasteiger partial charge in [-0.05, 0) is 45.8 Å². The van der Waals surface area contributed by atoms with Gasteiger partial charge < -0.3 is 11.5 Å². The van der Waals surface area contributed by atoms with Crippen LogP contribution in [0.15, 0.2) is 88.8 Å². The second kappa shape index (κ2) is 6.79. The summed E-state index contributed by atoms with van der Waals surface area (Å²) in [6, 6.07) is 26.2. The molecule has 142 valence electrons. The molecule has 4 aromatic rings. The van der Waals surface area contributed by atoms with E-state index in [0.29, 0.717) is 5.02 Å². The number of nitrogens with two attached hydrogens (primary N) is 2. The second-order valence-electron chi connectivity index (χ2n) is 6.91. The number of hydrogen-bond acceptors (Lipinski definition) is 5. The average Bonchev–Trinajstić information content (AvgIpc) is 2.71.